The summed E-state index contributed by atoms with van der Waals surface area (Å²) in [7, 11) is 1.42. The zero-order chi connectivity index (χ0) is 16.7. The number of nitrogens with zero attached hydrogens (tertiary/aromatic N) is 1. The van der Waals surface area contributed by atoms with Gasteiger partial charge in [-0.1, -0.05) is 20.8 Å². The SMILES string of the molecule is COC(=O)C(C(C)C)N1c2ccc(F)cc2C(C)CC1(C)C. The average molecular weight is 307 g/mol. The summed E-state index contributed by atoms with van der Waals surface area (Å²) in [6.07, 6.45) is 0.865. The molecule has 1 aromatic carbocycles. The molecule has 1 aromatic rings. The summed E-state index contributed by atoms with van der Waals surface area (Å²) in [6.45, 7) is 10.4. The second kappa shape index (κ2) is 5.90. The highest BCUT2D eigenvalue weighted by atomic mass is 19.1. The molecule has 1 heterocycles. The summed E-state index contributed by atoms with van der Waals surface area (Å²) < 4.78 is 18.7. The van der Waals surface area contributed by atoms with Gasteiger partial charge in [0.15, 0.2) is 0 Å². The highest BCUT2D eigenvalue weighted by Crippen LogP contribution is 2.45. The summed E-state index contributed by atoms with van der Waals surface area (Å²) in [6, 6.07) is 4.48. The lowest BCUT2D eigenvalue weighted by atomic mass is 9.78. The molecule has 2 atom stereocenters. The quantitative estimate of drug-likeness (QED) is 0.787. The van der Waals surface area contributed by atoms with E-state index in [4.69, 9.17) is 4.74 Å². The molecule has 2 rings (SSSR count). The highest BCUT2D eigenvalue weighted by Gasteiger charge is 2.44. The van der Waals surface area contributed by atoms with Gasteiger partial charge in [0, 0.05) is 11.2 Å². The zero-order valence-corrected chi connectivity index (χ0v) is 14.3. The Morgan fingerprint density at radius 3 is 2.59 bits per heavy atom. The number of ether oxygens (including phenoxy) is 1. The van der Waals surface area contributed by atoms with Crippen molar-refractivity contribution in [3.63, 3.8) is 0 Å². The first kappa shape index (κ1) is 16.8. The normalized spacial score (nSPS) is 21.5. The van der Waals surface area contributed by atoms with Crippen molar-refractivity contribution in [1.82, 2.24) is 0 Å². The Labute approximate surface area is 132 Å². The fourth-order valence-electron chi connectivity index (χ4n) is 3.75. The molecule has 4 heteroatoms. The molecule has 0 spiro atoms. The molecule has 1 aliphatic rings. The lowest BCUT2D eigenvalue weighted by molar-refractivity contribution is -0.143. The molecular formula is C18H26FNO2. The highest BCUT2D eigenvalue weighted by molar-refractivity contribution is 5.82. The van der Waals surface area contributed by atoms with Gasteiger partial charge >= 0.3 is 5.97 Å². The Morgan fingerprint density at radius 2 is 2.05 bits per heavy atom. The van der Waals surface area contributed by atoms with Crippen molar-refractivity contribution in [3.05, 3.63) is 29.6 Å². The summed E-state index contributed by atoms with van der Waals surface area (Å²) in [5.41, 5.74) is 1.70. The summed E-state index contributed by atoms with van der Waals surface area (Å²) in [4.78, 5) is 14.5. The maximum Gasteiger partial charge on any atom is 0.328 e. The number of carbonyl (C=O) groups is 1. The van der Waals surface area contributed by atoms with Crippen LogP contribution in [0, 0.1) is 11.7 Å². The van der Waals surface area contributed by atoms with Crippen LogP contribution >= 0.6 is 0 Å². The van der Waals surface area contributed by atoms with Gasteiger partial charge in [-0.15, -0.1) is 0 Å². The molecule has 0 saturated heterocycles. The van der Waals surface area contributed by atoms with Crippen LogP contribution in [0.3, 0.4) is 0 Å². The van der Waals surface area contributed by atoms with E-state index in [9.17, 15) is 9.18 Å². The first-order valence-electron chi connectivity index (χ1n) is 7.85. The number of rotatable bonds is 3. The molecule has 22 heavy (non-hydrogen) atoms. The standard InChI is InChI=1S/C18H26FNO2/c1-11(2)16(17(21)22-6)20-15-8-7-13(19)9-14(15)12(3)10-18(20,4)5/h7-9,11-12,16H,10H2,1-6H3. The van der Waals surface area contributed by atoms with E-state index in [1.807, 2.05) is 13.8 Å². The minimum atomic E-state index is -0.378. The molecule has 0 aliphatic carbocycles. The smallest absolute Gasteiger partial charge is 0.328 e. The Hall–Kier alpha value is -1.58. The average Bonchev–Trinajstić information content (AvgIpc) is 2.42. The van der Waals surface area contributed by atoms with Gasteiger partial charge in [-0.3, -0.25) is 0 Å². The third kappa shape index (κ3) is 2.83. The lowest BCUT2D eigenvalue weighted by Crippen LogP contribution is -2.58. The predicted octanol–water partition coefficient (Wildman–Crippen LogP) is 4.12. The zero-order valence-electron chi connectivity index (χ0n) is 14.3. The van der Waals surface area contributed by atoms with Gasteiger partial charge in [-0.2, -0.15) is 0 Å². The van der Waals surface area contributed by atoms with E-state index in [0.29, 0.717) is 0 Å². The van der Waals surface area contributed by atoms with Gasteiger partial charge in [0.1, 0.15) is 11.9 Å². The van der Waals surface area contributed by atoms with E-state index in [1.165, 1.54) is 13.2 Å². The molecule has 0 aromatic heterocycles. The van der Waals surface area contributed by atoms with Crippen LogP contribution in [0.4, 0.5) is 10.1 Å². The molecule has 0 radical (unpaired) electrons. The van der Waals surface area contributed by atoms with Gasteiger partial charge in [0.25, 0.3) is 0 Å². The van der Waals surface area contributed by atoms with Gasteiger partial charge in [-0.25, -0.2) is 9.18 Å². The van der Waals surface area contributed by atoms with E-state index < -0.39 is 0 Å². The number of anilines is 1. The number of benzene rings is 1. The molecule has 0 amide bonds. The fourth-order valence-corrected chi connectivity index (χ4v) is 3.75. The number of fused-ring (bicyclic) bond motifs is 1. The molecular weight excluding hydrogens is 281 g/mol. The van der Waals surface area contributed by atoms with Crippen molar-refractivity contribution in [2.24, 2.45) is 5.92 Å². The van der Waals surface area contributed by atoms with Crippen LogP contribution in [0.5, 0.6) is 0 Å². The number of carbonyl (C=O) groups excluding carboxylic acids is 1. The summed E-state index contributed by atoms with van der Waals surface area (Å²) >= 11 is 0. The third-order valence-electron chi connectivity index (χ3n) is 4.59. The van der Waals surface area contributed by atoms with Crippen molar-refractivity contribution in [2.75, 3.05) is 12.0 Å². The van der Waals surface area contributed by atoms with Crippen LogP contribution in [0.1, 0.15) is 52.5 Å². The molecule has 0 bridgehead atoms. The molecule has 1 aliphatic heterocycles. The lowest BCUT2D eigenvalue weighted by Gasteiger charge is -2.51. The first-order valence-corrected chi connectivity index (χ1v) is 7.85. The molecule has 0 fully saturated rings. The third-order valence-corrected chi connectivity index (χ3v) is 4.59. The van der Waals surface area contributed by atoms with Crippen LogP contribution in [0.15, 0.2) is 18.2 Å². The predicted molar refractivity (Wildman–Crippen MR) is 86.6 cm³/mol. The van der Waals surface area contributed by atoms with Crippen molar-refractivity contribution in [3.8, 4) is 0 Å². The van der Waals surface area contributed by atoms with Crippen LogP contribution < -0.4 is 4.90 Å². The topological polar surface area (TPSA) is 29.5 Å². The van der Waals surface area contributed by atoms with Gasteiger partial charge < -0.3 is 9.64 Å². The minimum Gasteiger partial charge on any atom is -0.467 e. The minimum absolute atomic E-state index is 0.0954. The van der Waals surface area contributed by atoms with E-state index >= 15 is 0 Å². The number of hydrogen-bond acceptors (Lipinski definition) is 3. The number of esters is 1. The Balaban J connectivity index is 2.61. The second-order valence-electron chi connectivity index (χ2n) is 7.20. The first-order chi connectivity index (χ1) is 10.2. The second-order valence-corrected chi connectivity index (χ2v) is 7.20. The maximum absolute atomic E-state index is 13.7. The van der Waals surface area contributed by atoms with Crippen molar-refractivity contribution < 1.29 is 13.9 Å². The fraction of sp³-hybridized carbons (Fsp3) is 0.611. The van der Waals surface area contributed by atoms with E-state index in [2.05, 4.69) is 25.7 Å². The maximum atomic E-state index is 13.7. The van der Waals surface area contributed by atoms with Crippen LogP contribution in [-0.2, 0) is 9.53 Å². The van der Waals surface area contributed by atoms with Crippen LogP contribution in [-0.4, -0.2) is 24.7 Å². The van der Waals surface area contributed by atoms with Crippen LogP contribution in [0.25, 0.3) is 0 Å². The van der Waals surface area contributed by atoms with Crippen molar-refractivity contribution in [2.45, 2.75) is 58.5 Å². The Kier molecular flexibility index (Phi) is 4.50. The van der Waals surface area contributed by atoms with Crippen molar-refractivity contribution in [1.29, 1.82) is 0 Å². The summed E-state index contributed by atoms with van der Waals surface area (Å²) in [5, 5.41) is 0. The van der Waals surface area contributed by atoms with E-state index in [1.54, 1.807) is 12.1 Å². The largest absolute Gasteiger partial charge is 0.467 e. The number of halogens is 1. The molecule has 2 unspecified atom stereocenters. The monoisotopic (exact) mass is 307 g/mol. The summed E-state index contributed by atoms with van der Waals surface area (Å²) in [5.74, 6) is -0.127. The Bertz CT molecular complexity index is 568. The molecule has 3 nitrogen and oxygen atoms in total. The van der Waals surface area contributed by atoms with Gasteiger partial charge in [-0.05, 0) is 55.9 Å². The molecule has 0 N–H and O–H groups in total. The van der Waals surface area contributed by atoms with E-state index in [0.717, 1.165) is 17.7 Å². The van der Waals surface area contributed by atoms with Gasteiger partial charge in [0.2, 0.25) is 0 Å². The number of hydrogen-bond donors (Lipinski definition) is 0. The molecule has 122 valence electrons. The Morgan fingerprint density at radius 1 is 1.41 bits per heavy atom. The van der Waals surface area contributed by atoms with Crippen LogP contribution in [0.2, 0.25) is 0 Å². The van der Waals surface area contributed by atoms with E-state index in [-0.39, 0.29) is 35.2 Å². The number of methoxy groups -OCH3 is 1. The molecule has 0 saturated carbocycles. The van der Waals surface area contributed by atoms with Crippen molar-refractivity contribution >= 4 is 11.7 Å². The van der Waals surface area contributed by atoms with Gasteiger partial charge in [0.05, 0.1) is 7.11 Å².